The third-order valence-electron chi connectivity index (χ3n) is 2.65. The molecule has 0 saturated heterocycles. The molecule has 1 amide bonds. The smallest absolute Gasteiger partial charge is 0.251 e. The quantitative estimate of drug-likeness (QED) is 0.870. The SMILES string of the molecule is N#Cc1ccc(C(=O)NC(CO)c2ccco2)cc1. The van der Waals surface area contributed by atoms with Crippen molar-refractivity contribution in [2.45, 2.75) is 6.04 Å². The Labute approximate surface area is 110 Å². The van der Waals surface area contributed by atoms with Crippen molar-refractivity contribution in [1.82, 2.24) is 5.32 Å². The summed E-state index contributed by atoms with van der Waals surface area (Å²) in [5.74, 6) is 0.157. The minimum atomic E-state index is -0.585. The van der Waals surface area contributed by atoms with Crippen LogP contribution in [0.4, 0.5) is 0 Å². The molecule has 0 radical (unpaired) electrons. The Balaban J connectivity index is 2.09. The van der Waals surface area contributed by atoms with Crippen LogP contribution in [0.5, 0.6) is 0 Å². The molecular formula is C14H12N2O3. The predicted molar refractivity (Wildman–Crippen MR) is 67.2 cm³/mol. The standard InChI is InChI=1S/C14H12N2O3/c15-8-10-3-5-11(6-4-10)14(18)16-12(9-17)13-2-1-7-19-13/h1-7,12,17H,9H2,(H,16,18). The Kier molecular flexibility index (Phi) is 3.96. The van der Waals surface area contributed by atoms with Gasteiger partial charge in [-0.15, -0.1) is 0 Å². The van der Waals surface area contributed by atoms with Gasteiger partial charge in [0.25, 0.3) is 5.91 Å². The molecule has 1 aromatic carbocycles. The molecule has 0 bridgehead atoms. The normalized spacial score (nSPS) is 11.6. The molecule has 0 spiro atoms. The molecule has 0 aliphatic rings. The summed E-state index contributed by atoms with van der Waals surface area (Å²) >= 11 is 0. The number of hydrogen-bond acceptors (Lipinski definition) is 4. The number of carbonyl (C=O) groups is 1. The molecule has 0 saturated carbocycles. The maximum absolute atomic E-state index is 12.0. The van der Waals surface area contributed by atoms with Crippen LogP contribution < -0.4 is 5.32 Å². The van der Waals surface area contributed by atoms with Gasteiger partial charge in [0.1, 0.15) is 11.8 Å². The third kappa shape index (κ3) is 3.00. The van der Waals surface area contributed by atoms with Gasteiger partial charge in [-0.1, -0.05) is 0 Å². The van der Waals surface area contributed by atoms with Crippen LogP contribution in [-0.4, -0.2) is 17.6 Å². The minimum absolute atomic E-state index is 0.254. The number of carbonyl (C=O) groups excluding carboxylic acids is 1. The summed E-state index contributed by atoms with van der Waals surface area (Å²) in [6.45, 7) is -0.254. The highest BCUT2D eigenvalue weighted by molar-refractivity contribution is 5.94. The average Bonchev–Trinajstić information content (AvgIpc) is 2.98. The lowest BCUT2D eigenvalue weighted by atomic mass is 10.1. The third-order valence-corrected chi connectivity index (χ3v) is 2.65. The molecule has 1 aromatic heterocycles. The van der Waals surface area contributed by atoms with Crippen molar-refractivity contribution < 1.29 is 14.3 Å². The average molecular weight is 256 g/mol. The molecule has 2 rings (SSSR count). The first-order chi connectivity index (χ1) is 9.24. The van der Waals surface area contributed by atoms with Crippen molar-refractivity contribution in [2.75, 3.05) is 6.61 Å². The molecule has 0 aliphatic heterocycles. The van der Waals surface area contributed by atoms with Crippen LogP contribution in [0.15, 0.2) is 47.1 Å². The van der Waals surface area contributed by atoms with Crippen LogP contribution in [0, 0.1) is 11.3 Å². The van der Waals surface area contributed by atoms with E-state index in [9.17, 15) is 9.90 Å². The number of benzene rings is 1. The molecule has 5 nitrogen and oxygen atoms in total. The molecule has 2 N–H and O–H groups in total. The number of aliphatic hydroxyl groups is 1. The predicted octanol–water partition coefficient (Wildman–Crippen LogP) is 1.61. The molecular weight excluding hydrogens is 244 g/mol. The van der Waals surface area contributed by atoms with E-state index in [-0.39, 0.29) is 12.5 Å². The van der Waals surface area contributed by atoms with Crippen molar-refractivity contribution in [2.24, 2.45) is 0 Å². The van der Waals surface area contributed by atoms with Gasteiger partial charge in [-0.2, -0.15) is 5.26 Å². The summed E-state index contributed by atoms with van der Waals surface area (Å²) in [5.41, 5.74) is 0.908. The van der Waals surface area contributed by atoms with E-state index in [0.29, 0.717) is 16.9 Å². The highest BCUT2D eigenvalue weighted by Crippen LogP contribution is 2.13. The van der Waals surface area contributed by atoms with Crippen LogP contribution in [0.2, 0.25) is 0 Å². The number of nitrogens with zero attached hydrogens (tertiary/aromatic N) is 1. The molecule has 5 heteroatoms. The van der Waals surface area contributed by atoms with Crippen molar-refractivity contribution in [3.63, 3.8) is 0 Å². The van der Waals surface area contributed by atoms with Gasteiger partial charge in [-0.05, 0) is 36.4 Å². The van der Waals surface area contributed by atoms with Crippen LogP contribution in [0.3, 0.4) is 0 Å². The fraction of sp³-hybridized carbons (Fsp3) is 0.143. The lowest BCUT2D eigenvalue weighted by molar-refractivity contribution is 0.0907. The van der Waals surface area contributed by atoms with Gasteiger partial charge in [0.2, 0.25) is 0 Å². The number of nitriles is 1. The van der Waals surface area contributed by atoms with Crippen LogP contribution in [-0.2, 0) is 0 Å². The van der Waals surface area contributed by atoms with E-state index in [1.807, 2.05) is 6.07 Å². The molecule has 0 aliphatic carbocycles. The van der Waals surface area contributed by atoms with Gasteiger partial charge in [0.15, 0.2) is 0 Å². The van der Waals surface area contributed by atoms with Crippen molar-refractivity contribution in [3.8, 4) is 6.07 Å². The number of aliphatic hydroxyl groups excluding tert-OH is 1. The number of rotatable bonds is 4. The Morgan fingerprint density at radius 3 is 2.63 bits per heavy atom. The summed E-state index contributed by atoms with van der Waals surface area (Å²) in [7, 11) is 0. The van der Waals surface area contributed by atoms with Gasteiger partial charge in [0.05, 0.1) is 24.5 Å². The van der Waals surface area contributed by atoms with Gasteiger partial charge in [0, 0.05) is 5.56 Å². The highest BCUT2D eigenvalue weighted by Gasteiger charge is 2.16. The maximum Gasteiger partial charge on any atom is 0.251 e. The topological polar surface area (TPSA) is 86.3 Å². The molecule has 1 heterocycles. The van der Waals surface area contributed by atoms with Crippen LogP contribution in [0.1, 0.15) is 27.7 Å². The fourth-order valence-electron chi connectivity index (χ4n) is 1.63. The van der Waals surface area contributed by atoms with E-state index in [1.165, 1.54) is 6.26 Å². The first-order valence-corrected chi connectivity index (χ1v) is 5.70. The largest absolute Gasteiger partial charge is 0.467 e. The summed E-state index contributed by atoms with van der Waals surface area (Å²) in [6, 6.07) is 11.0. The van der Waals surface area contributed by atoms with E-state index in [0.717, 1.165) is 0 Å². The van der Waals surface area contributed by atoms with Gasteiger partial charge in [-0.3, -0.25) is 4.79 Å². The molecule has 1 unspecified atom stereocenters. The molecule has 96 valence electrons. The Morgan fingerprint density at radius 1 is 1.37 bits per heavy atom. The van der Waals surface area contributed by atoms with Gasteiger partial charge >= 0.3 is 0 Å². The summed E-state index contributed by atoms with van der Waals surface area (Å²) in [4.78, 5) is 12.0. The first kappa shape index (κ1) is 12.9. The lowest BCUT2D eigenvalue weighted by Gasteiger charge is -2.13. The highest BCUT2D eigenvalue weighted by atomic mass is 16.3. The minimum Gasteiger partial charge on any atom is -0.467 e. The van der Waals surface area contributed by atoms with E-state index in [4.69, 9.17) is 9.68 Å². The molecule has 19 heavy (non-hydrogen) atoms. The lowest BCUT2D eigenvalue weighted by Crippen LogP contribution is -2.30. The zero-order chi connectivity index (χ0) is 13.7. The summed E-state index contributed by atoms with van der Waals surface area (Å²) < 4.78 is 5.14. The van der Waals surface area contributed by atoms with Crippen LogP contribution >= 0.6 is 0 Å². The summed E-state index contributed by atoms with van der Waals surface area (Å²) in [6.07, 6.45) is 1.48. The number of hydrogen-bond donors (Lipinski definition) is 2. The number of furan rings is 1. The van der Waals surface area contributed by atoms with E-state index < -0.39 is 6.04 Å². The maximum atomic E-state index is 12.0. The zero-order valence-corrected chi connectivity index (χ0v) is 10.0. The van der Waals surface area contributed by atoms with E-state index in [1.54, 1.807) is 36.4 Å². The molecule has 0 fully saturated rings. The second-order valence-electron chi connectivity index (χ2n) is 3.91. The van der Waals surface area contributed by atoms with Crippen molar-refractivity contribution in [3.05, 3.63) is 59.5 Å². The van der Waals surface area contributed by atoms with Crippen LogP contribution in [0.25, 0.3) is 0 Å². The number of amides is 1. The van der Waals surface area contributed by atoms with Gasteiger partial charge in [-0.25, -0.2) is 0 Å². The number of nitrogens with one attached hydrogen (secondary N) is 1. The van der Waals surface area contributed by atoms with Gasteiger partial charge < -0.3 is 14.8 Å². The Hall–Kier alpha value is -2.58. The fourth-order valence-corrected chi connectivity index (χ4v) is 1.63. The van der Waals surface area contributed by atoms with Crippen molar-refractivity contribution >= 4 is 5.91 Å². The monoisotopic (exact) mass is 256 g/mol. The zero-order valence-electron chi connectivity index (χ0n) is 10.0. The summed E-state index contributed by atoms with van der Waals surface area (Å²) in [5, 5.41) is 20.6. The Bertz CT molecular complexity index is 582. The molecule has 1 atom stereocenters. The second-order valence-corrected chi connectivity index (χ2v) is 3.91. The van der Waals surface area contributed by atoms with E-state index in [2.05, 4.69) is 5.32 Å². The first-order valence-electron chi connectivity index (χ1n) is 5.70. The molecule has 2 aromatic rings. The van der Waals surface area contributed by atoms with E-state index >= 15 is 0 Å². The Morgan fingerprint density at radius 2 is 2.11 bits per heavy atom. The van der Waals surface area contributed by atoms with Crippen molar-refractivity contribution in [1.29, 1.82) is 5.26 Å². The second kappa shape index (κ2) is 5.85.